The second-order valence-electron chi connectivity index (χ2n) is 6.38. The van der Waals surface area contributed by atoms with E-state index in [2.05, 4.69) is 17.3 Å². The van der Waals surface area contributed by atoms with Gasteiger partial charge in [-0.25, -0.2) is 0 Å². The van der Waals surface area contributed by atoms with Crippen molar-refractivity contribution in [1.82, 2.24) is 10.2 Å². The second kappa shape index (κ2) is 6.08. The minimum atomic E-state index is -0.193. The molecule has 1 spiro atoms. The highest BCUT2D eigenvalue weighted by atomic mass is 16.7. The van der Waals surface area contributed by atoms with E-state index in [4.69, 9.17) is 9.47 Å². The molecular weight excluding hydrogens is 240 g/mol. The van der Waals surface area contributed by atoms with Gasteiger partial charge in [-0.3, -0.25) is 0 Å². The lowest BCUT2D eigenvalue weighted by molar-refractivity contribution is -0.184. The molecule has 0 aromatic carbocycles. The summed E-state index contributed by atoms with van der Waals surface area (Å²) in [5, 5.41) is 3.31. The van der Waals surface area contributed by atoms with Gasteiger partial charge in [-0.05, 0) is 58.3 Å². The lowest BCUT2D eigenvalue weighted by atomic mass is 9.87. The Morgan fingerprint density at radius 1 is 1.05 bits per heavy atom. The van der Waals surface area contributed by atoms with E-state index in [1.807, 2.05) is 0 Å². The summed E-state index contributed by atoms with van der Waals surface area (Å²) in [5.41, 5.74) is 0. The molecule has 3 fully saturated rings. The molecule has 4 heteroatoms. The van der Waals surface area contributed by atoms with Gasteiger partial charge in [-0.1, -0.05) is 0 Å². The first kappa shape index (κ1) is 13.8. The Morgan fingerprint density at radius 3 is 2.26 bits per heavy atom. The lowest BCUT2D eigenvalue weighted by Gasteiger charge is -2.43. The molecule has 3 rings (SSSR count). The van der Waals surface area contributed by atoms with Crippen LogP contribution in [0.5, 0.6) is 0 Å². The molecule has 2 saturated heterocycles. The van der Waals surface area contributed by atoms with E-state index in [1.54, 1.807) is 0 Å². The number of piperidine rings is 1. The number of hydrogen-bond acceptors (Lipinski definition) is 4. The Morgan fingerprint density at radius 2 is 1.68 bits per heavy atom. The van der Waals surface area contributed by atoms with Gasteiger partial charge in [-0.2, -0.15) is 0 Å². The van der Waals surface area contributed by atoms with E-state index in [9.17, 15) is 0 Å². The molecular formula is C15H28N2O2. The summed E-state index contributed by atoms with van der Waals surface area (Å²) in [6.07, 6.45) is 7.39. The smallest absolute Gasteiger partial charge is 0.168 e. The maximum Gasteiger partial charge on any atom is 0.168 e. The average Bonchev–Trinajstić information content (AvgIpc) is 2.90. The first-order chi connectivity index (χ1) is 9.31. The summed E-state index contributed by atoms with van der Waals surface area (Å²) in [6.45, 7) is 5.33. The van der Waals surface area contributed by atoms with Gasteiger partial charge in [0.2, 0.25) is 0 Å². The van der Waals surface area contributed by atoms with Crippen LogP contribution >= 0.6 is 0 Å². The first-order valence-electron chi connectivity index (χ1n) is 7.98. The van der Waals surface area contributed by atoms with E-state index in [-0.39, 0.29) is 5.79 Å². The van der Waals surface area contributed by atoms with Gasteiger partial charge >= 0.3 is 0 Å². The molecule has 0 bridgehead atoms. The van der Waals surface area contributed by atoms with Gasteiger partial charge in [0.1, 0.15) is 0 Å². The summed E-state index contributed by atoms with van der Waals surface area (Å²) in [6, 6.07) is 0.772. The van der Waals surface area contributed by atoms with Crippen molar-refractivity contribution in [3.8, 4) is 0 Å². The van der Waals surface area contributed by atoms with Crippen LogP contribution < -0.4 is 5.32 Å². The third-order valence-electron chi connectivity index (χ3n) is 5.19. The first-order valence-corrected chi connectivity index (χ1v) is 7.98. The van der Waals surface area contributed by atoms with Gasteiger partial charge in [0.25, 0.3) is 0 Å². The fourth-order valence-electron chi connectivity index (χ4n) is 4.00. The summed E-state index contributed by atoms with van der Waals surface area (Å²) in [7, 11) is 2.06. The lowest BCUT2D eigenvalue weighted by Crippen LogP contribution is -2.47. The Hall–Kier alpha value is -0.160. The molecule has 0 aromatic rings. The van der Waals surface area contributed by atoms with Crippen LogP contribution in [-0.2, 0) is 9.47 Å². The van der Waals surface area contributed by atoms with Crippen molar-refractivity contribution in [3.05, 3.63) is 0 Å². The fourth-order valence-corrected chi connectivity index (χ4v) is 4.00. The quantitative estimate of drug-likeness (QED) is 0.843. The van der Waals surface area contributed by atoms with Crippen molar-refractivity contribution < 1.29 is 9.47 Å². The van der Waals surface area contributed by atoms with Gasteiger partial charge in [0, 0.05) is 18.9 Å². The van der Waals surface area contributed by atoms with Gasteiger partial charge in [-0.15, -0.1) is 0 Å². The average molecular weight is 268 g/mol. The normalized spacial score (nSPS) is 30.2. The Bertz CT molecular complexity index is 274. The van der Waals surface area contributed by atoms with Crippen molar-refractivity contribution in [2.45, 2.75) is 50.4 Å². The molecule has 0 atom stereocenters. The van der Waals surface area contributed by atoms with Crippen molar-refractivity contribution >= 4 is 0 Å². The molecule has 3 aliphatic rings. The SMILES string of the molecule is CNCC1CCN(C2CCC3(CC2)OCCO3)CC1. The number of hydrogen-bond donors (Lipinski definition) is 1. The molecule has 0 unspecified atom stereocenters. The van der Waals surface area contributed by atoms with E-state index in [0.29, 0.717) is 0 Å². The van der Waals surface area contributed by atoms with E-state index >= 15 is 0 Å². The van der Waals surface area contributed by atoms with Crippen molar-refractivity contribution in [3.63, 3.8) is 0 Å². The predicted molar refractivity (Wildman–Crippen MR) is 75.1 cm³/mol. The van der Waals surface area contributed by atoms with Crippen LogP contribution in [0.2, 0.25) is 0 Å². The Labute approximate surface area is 116 Å². The highest BCUT2D eigenvalue weighted by molar-refractivity contribution is 4.88. The third-order valence-corrected chi connectivity index (χ3v) is 5.19. The molecule has 0 amide bonds. The number of ether oxygens (including phenoxy) is 2. The van der Waals surface area contributed by atoms with Crippen LogP contribution in [0.1, 0.15) is 38.5 Å². The summed E-state index contributed by atoms with van der Waals surface area (Å²) in [4.78, 5) is 2.72. The fraction of sp³-hybridized carbons (Fsp3) is 1.00. The van der Waals surface area contributed by atoms with Crippen molar-refractivity contribution in [2.24, 2.45) is 5.92 Å². The van der Waals surface area contributed by atoms with Gasteiger partial charge in [0.15, 0.2) is 5.79 Å². The maximum atomic E-state index is 5.82. The zero-order valence-corrected chi connectivity index (χ0v) is 12.2. The minimum Gasteiger partial charge on any atom is -0.348 e. The monoisotopic (exact) mass is 268 g/mol. The number of nitrogens with zero attached hydrogens (tertiary/aromatic N) is 1. The summed E-state index contributed by atoms with van der Waals surface area (Å²) < 4.78 is 11.6. The second-order valence-corrected chi connectivity index (χ2v) is 6.38. The summed E-state index contributed by atoms with van der Waals surface area (Å²) in [5.74, 6) is 0.693. The molecule has 1 N–H and O–H groups in total. The largest absolute Gasteiger partial charge is 0.348 e. The van der Waals surface area contributed by atoms with Crippen LogP contribution in [0, 0.1) is 5.92 Å². The third kappa shape index (κ3) is 3.13. The molecule has 1 saturated carbocycles. The zero-order valence-electron chi connectivity index (χ0n) is 12.2. The van der Waals surface area contributed by atoms with Crippen LogP contribution in [0.15, 0.2) is 0 Å². The molecule has 19 heavy (non-hydrogen) atoms. The molecule has 110 valence electrons. The topological polar surface area (TPSA) is 33.7 Å². The van der Waals surface area contributed by atoms with Crippen molar-refractivity contribution in [1.29, 1.82) is 0 Å². The van der Waals surface area contributed by atoms with E-state index < -0.39 is 0 Å². The highest BCUT2D eigenvalue weighted by Gasteiger charge is 2.41. The molecule has 2 aliphatic heterocycles. The van der Waals surface area contributed by atoms with Gasteiger partial charge in [0.05, 0.1) is 13.2 Å². The van der Waals surface area contributed by atoms with E-state index in [0.717, 1.165) is 38.0 Å². The number of nitrogens with one attached hydrogen (secondary N) is 1. The minimum absolute atomic E-state index is 0.193. The molecule has 0 aromatic heterocycles. The number of likely N-dealkylation sites (tertiary alicyclic amines) is 1. The van der Waals surface area contributed by atoms with Gasteiger partial charge < -0.3 is 19.7 Å². The van der Waals surface area contributed by atoms with Crippen molar-refractivity contribution in [2.75, 3.05) is 39.9 Å². The molecule has 2 heterocycles. The molecule has 1 aliphatic carbocycles. The predicted octanol–water partition coefficient (Wildman–Crippen LogP) is 1.60. The zero-order chi connectivity index (χ0) is 13.1. The standard InChI is InChI=1S/C15H28N2O2/c1-16-12-13-4-8-17(9-5-13)14-2-6-15(7-3-14)18-10-11-19-15/h13-14,16H,2-12H2,1H3. The van der Waals surface area contributed by atoms with E-state index in [1.165, 1.54) is 45.3 Å². The molecule has 0 radical (unpaired) electrons. The Kier molecular flexibility index (Phi) is 4.42. The summed E-state index contributed by atoms with van der Waals surface area (Å²) >= 11 is 0. The van der Waals surface area contributed by atoms with Crippen LogP contribution in [0.3, 0.4) is 0 Å². The molecule has 4 nitrogen and oxygen atoms in total. The van der Waals surface area contributed by atoms with Crippen LogP contribution in [0.25, 0.3) is 0 Å². The van der Waals surface area contributed by atoms with Crippen LogP contribution in [-0.4, -0.2) is 56.6 Å². The maximum absolute atomic E-state index is 5.82. The van der Waals surface area contributed by atoms with Crippen LogP contribution in [0.4, 0.5) is 0 Å². The Balaban J connectivity index is 1.44. The highest BCUT2D eigenvalue weighted by Crippen LogP contribution is 2.38. The number of rotatable bonds is 3.